The fraction of sp³-hybridized carbons (Fsp3) is 0.588. The van der Waals surface area contributed by atoms with Crippen LogP contribution >= 0.6 is 12.4 Å². The number of carbonyl (C=O) groups is 1. The zero-order chi connectivity index (χ0) is 18.4. The van der Waals surface area contributed by atoms with E-state index in [-0.39, 0.29) is 42.2 Å². The van der Waals surface area contributed by atoms with E-state index in [4.69, 9.17) is 10.5 Å². The van der Waals surface area contributed by atoms with Crippen LogP contribution in [0.4, 0.5) is 0 Å². The van der Waals surface area contributed by atoms with Crippen LogP contribution in [-0.2, 0) is 14.8 Å². The molecule has 148 valence electrons. The average molecular weight is 406 g/mol. The van der Waals surface area contributed by atoms with Gasteiger partial charge in [0.2, 0.25) is 15.9 Å². The zero-order valence-corrected chi connectivity index (χ0v) is 16.8. The van der Waals surface area contributed by atoms with Gasteiger partial charge in [-0.05, 0) is 57.0 Å². The van der Waals surface area contributed by atoms with E-state index >= 15 is 0 Å². The molecular weight excluding hydrogens is 378 g/mol. The first-order chi connectivity index (χ1) is 11.9. The summed E-state index contributed by atoms with van der Waals surface area (Å²) in [6.07, 6.45) is 1.04. The highest BCUT2D eigenvalue weighted by Crippen LogP contribution is 2.22. The SMILES string of the molecule is CCOc1ccc(S(=O)(=O)NCCC(=O)N2CC(CN)CC2C)cc1.Cl. The highest BCUT2D eigenvalue weighted by molar-refractivity contribution is 7.89. The minimum Gasteiger partial charge on any atom is -0.494 e. The Labute approximate surface area is 161 Å². The van der Waals surface area contributed by atoms with Gasteiger partial charge in [-0.3, -0.25) is 4.79 Å². The minimum atomic E-state index is -3.64. The predicted molar refractivity (Wildman–Crippen MR) is 103 cm³/mol. The number of sulfonamides is 1. The number of ether oxygens (including phenoxy) is 1. The van der Waals surface area contributed by atoms with Crippen molar-refractivity contribution < 1.29 is 17.9 Å². The standard InChI is InChI=1S/C17H27N3O4S.ClH/c1-3-24-15-4-6-16(7-5-15)25(22,23)19-9-8-17(21)20-12-14(11-18)10-13(20)2;/h4-7,13-14,19H,3,8-12,18H2,1-2H3;1H. The Bertz CT molecular complexity index is 682. The first-order valence-electron chi connectivity index (χ1n) is 8.59. The van der Waals surface area contributed by atoms with Gasteiger partial charge in [-0.15, -0.1) is 12.4 Å². The van der Waals surface area contributed by atoms with E-state index in [9.17, 15) is 13.2 Å². The molecule has 0 spiro atoms. The van der Waals surface area contributed by atoms with Crippen molar-refractivity contribution in [3.05, 3.63) is 24.3 Å². The van der Waals surface area contributed by atoms with Gasteiger partial charge in [-0.25, -0.2) is 13.1 Å². The molecule has 0 aliphatic carbocycles. The first-order valence-corrected chi connectivity index (χ1v) is 10.1. The number of benzene rings is 1. The average Bonchev–Trinajstić information content (AvgIpc) is 2.96. The lowest BCUT2D eigenvalue weighted by Gasteiger charge is -2.21. The number of nitrogens with two attached hydrogens (primary N) is 1. The maximum Gasteiger partial charge on any atom is 0.240 e. The predicted octanol–water partition coefficient (Wildman–Crippen LogP) is 1.37. The fourth-order valence-corrected chi connectivity index (χ4v) is 4.09. The molecule has 1 saturated heterocycles. The van der Waals surface area contributed by atoms with Gasteiger partial charge >= 0.3 is 0 Å². The Morgan fingerprint density at radius 2 is 2.00 bits per heavy atom. The van der Waals surface area contributed by atoms with Crippen LogP contribution in [-0.4, -0.2) is 51.5 Å². The molecule has 0 saturated carbocycles. The molecule has 1 heterocycles. The Kier molecular flexibility index (Phi) is 8.82. The quantitative estimate of drug-likeness (QED) is 0.680. The summed E-state index contributed by atoms with van der Waals surface area (Å²) >= 11 is 0. The fourth-order valence-electron chi connectivity index (χ4n) is 3.06. The van der Waals surface area contributed by atoms with E-state index in [1.54, 1.807) is 17.0 Å². The lowest BCUT2D eigenvalue weighted by Crippen LogP contribution is -2.37. The lowest BCUT2D eigenvalue weighted by molar-refractivity contribution is -0.131. The summed E-state index contributed by atoms with van der Waals surface area (Å²) in [6, 6.07) is 6.36. The molecule has 1 amide bonds. The molecule has 0 radical (unpaired) electrons. The Morgan fingerprint density at radius 3 is 2.54 bits per heavy atom. The molecule has 7 nitrogen and oxygen atoms in total. The van der Waals surface area contributed by atoms with E-state index in [2.05, 4.69) is 4.72 Å². The summed E-state index contributed by atoms with van der Waals surface area (Å²) in [5, 5.41) is 0. The summed E-state index contributed by atoms with van der Waals surface area (Å²) in [5.41, 5.74) is 5.67. The summed E-state index contributed by atoms with van der Waals surface area (Å²) < 4.78 is 32.3. The maximum absolute atomic E-state index is 12.3. The van der Waals surface area contributed by atoms with Crippen molar-refractivity contribution in [1.82, 2.24) is 9.62 Å². The third kappa shape index (κ3) is 5.84. The summed E-state index contributed by atoms with van der Waals surface area (Å²) in [7, 11) is -3.64. The van der Waals surface area contributed by atoms with E-state index in [1.165, 1.54) is 12.1 Å². The van der Waals surface area contributed by atoms with Gasteiger partial charge in [0.05, 0.1) is 11.5 Å². The van der Waals surface area contributed by atoms with Crippen LogP contribution in [0.2, 0.25) is 0 Å². The maximum atomic E-state index is 12.3. The van der Waals surface area contributed by atoms with Gasteiger partial charge in [0, 0.05) is 25.6 Å². The van der Waals surface area contributed by atoms with Crippen LogP contribution in [0.5, 0.6) is 5.75 Å². The monoisotopic (exact) mass is 405 g/mol. The third-order valence-electron chi connectivity index (χ3n) is 4.39. The number of nitrogens with zero attached hydrogens (tertiary/aromatic N) is 1. The number of rotatable bonds is 8. The number of carbonyl (C=O) groups excluding carboxylic acids is 1. The molecule has 2 rings (SSSR count). The second-order valence-corrected chi connectivity index (χ2v) is 8.05. The van der Waals surface area contributed by atoms with E-state index in [0.717, 1.165) is 6.42 Å². The second-order valence-electron chi connectivity index (χ2n) is 6.28. The van der Waals surface area contributed by atoms with Crippen molar-refractivity contribution in [3.8, 4) is 5.75 Å². The highest BCUT2D eigenvalue weighted by Gasteiger charge is 2.31. The van der Waals surface area contributed by atoms with Crippen molar-refractivity contribution in [3.63, 3.8) is 0 Å². The van der Waals surface area contributed by atoms with Crippen LogP contribution in [0.3, 0.4) is 0 Å². The van der Waals surface area contributed by atoms with Crippen LogP contribution < -0.4 is 15.2 Å². The molecule has 1 aromatic rings. The van der Waals surface area contributed by atoms with Gasteiger partial charge in [0.15, 0.2) is 0 Å². The molecular formula is C17H28ClN3O4S. The molecule has 1 aliphatic rings. The second kappa shape index (κ2) is 10.1. The number of halogens is 1. The molecule has 1 aliphatic heterocycles. The Balaban J connectivity index is 0.00000338. The molecule has 1 aromatic carbocycles. The number of hydrogen-bond donors (Lipinski definition) is 2. The van der Waals surface area contributed by atoms with Gasteiger partial charge < -0.3 is 15.4 Å². The lowest BCUT2D eigenvalue weighted by atomic mass is 10.1. The van der Waals surface area contributed by atoms with Gasteiger partial charge in [0.1, 0.15) is 5.75 Å². The summed E-state index contributed by atoms with van der Waals surface area (Å²) in [4.78, 5) is 14.2. The largest absolute Gasteiger partial charge is 0.494 e. The van der Waals surface area contributed by atoms with Gasteiger partial charge in [-0.2, -0.15) is 0 Å². The van der Waals surface area contributed by atoms with Crippen LogP contribution in [0.25, 0.3) is 0 Å². The zero-order valence-electron chi connectivity index (χ0n) is 15.2. The Hall–Kier alpha value is -1.35. The van der Waals surface area contributed by atoms with Crippen molar-refractivity contribution in [1.29, 1.82) is 0 Å². The molecule has 2 unspecified atom stereocenters. The summed E-state index contributed by atoms with van der Waals surface area (Å²) in [6.45, 7) is 5.68. The molecule has 2 atom stereocenters. The van der Waals surface area contributed by atoms with Crippen molar-refractivity contribution >= 4 is 28.3 Å². The third-order valence-corrected chi connectivity index (χ3v) is 5.87. The molecule has 3 N–H and O–H groups in total. The van der Waals surface area contributed by atoms with Crippen LogP contribution in [0, 0.1) is 5.92 Å². The normalized spacial score (nSPS) is 19.9. The van der Waals surface area contributed by atoms with Gasteiger partial charge in [0.25, 0.3) is 0 Å². The van der Waals surface area contributed by atoms with E-state index < -0.39 is 10.0 Å². The van der Waals surface area contributed by atoms with Crippen LogP contribution in [0.15, 0.2) is 29.2 Å². The first kappa shape index (κ1) is 22.7. The molecule has 1 fully saturated rings. The van der Waals surface area contributed by atoms with E-state index in [0.29, 0.717) is 31.4 Å². The minimum absolute atomic E-state index is 0. The topological polar surface area (TPSA) is 102 Å². The van der Waals surface area contributed by atoms with Crippen LogP contribution in [0.1, 0.15) is 26.7 Å². The number of likely N-dealkylation sites (tertiary alicyclic amines) is 1. The van der Waals surface area contributed by atoms with E-state index in [1.807, 2.05) is 13.8 Å². The van der Waals surface area contributed by atoms with Crippen molar-refractivity contribution in [2.45, 2.75) is 37.6 Å². The number of nitrogens with one attached hydrogen (secondary N) is 1. The molecule has 26 heavy (non-hydrogen) atoms. The molecule has 0 bridgehead atoms. The van der Waals surface area contributed by atoms with Crippen molar-refractivity contribution in [2.24, 2.45) is 11.7 Å². The number of amides is 1. The molecule has 0 aromatic heterocycles. The van der Waals surface area contributed by atoms with Gasteiger partial charge in [-0.1, -0.05) is 0 Å². The molecule has 9 heteroatoms. The Morgan fingerprint density at radius 1 is 1.35 bits per heavy atom. The highest BCUT2D eigenvalue weighted by atomic mass is 35.5. The number of hydrogen-bond acceptors (Lipinski definition) is 5. The van der Waals surface area contributed by atoms with Crippen molar-refractivity contribution in [2.75, 3.05) is 26.2 Å². The smallest absolute Gasteiger partial charge is 0.240 e. The summed E-state index contributed by atoms with van der Waals surface area (Å²) in [5.74, 6) is 0.909.